The van der Waals surface area contributed by atoms with Crippen LogP contribution in [0, 0.1) is 21.1 Å². The average Bonchev–Trinajstić information content (AvgIpc) is 2.54. The number of hydrogen-bond donors (Lipinski definition) is 2. The van der Waals surface area contributed by atoms with Gasteiger partial charge in [0.25, 0.3) is 0 Å². The summed E-state index contributed by atoms with van der Waals surface area (Å²) >= 11 is 1.65. The van der Waals surface area contributed by atoms with Crippen LogP contribution in [0.15, 0.2) is 22.7 Å². The summed E-state index contributed by atoms with van der Waals surface area (Å²) in [5, 5.41) is 19.7. The summed E-state index contributed by atoms with van der Waals surface area (Å²) < 4.78 is 32.3. The number of hydrogen-bond acceptors (Lipinski definition) is 5. The number of carbonyl (C=O) groups is 1. The van der Waals surface area contributed by atoms with E-state index in [1.54, 1.807) is 29.5 Å². The van der Waals surface area contributed by atoms with E-state index in [1.165, 1.54) is 0 Å². The van der Waals surface area contributed by atoms with Gasteiger partial charge in [0.1, 0.15) is 23.0 Å². The molecule has 5 nitrogen and oxygen atoms in total. The van der Waals surface area contributed by atoms with Crippen LogP contribution in [0.3, 0.4) is 0 Å². The first-order valence-corrected chi connectivity index (χ1v) is 8.70. The van der Waals surface area contributed by atoms with Crippen LogP contribution >= 0.6 is 22.6 Å². The van der Waals surface area contributed by atoms with Crippen molar-refractivity contribution in [3.63, 3.8) is 0 Å². The normalized spacial score (nSPS) is 13.9. The topological polar surface area (TPSA) is 79.1 Å². The number of esters is 1. The van der Waals surface area contributed by atoms with Crippen LogP contribution < -0.4 is 0 Å². The minimum atomic E-state index is -1.02. The Bertz CT molecular complexity index is 689. The van der Waals surface area contributed by atoms with Crippen molar-refractivity contribution in [3.05, 3.63) is 38.5 Å². The van der Waals surface area contributed by atoms with Gasteiger partial charge < -0.3 is 14.9 Å². The van der Waals surface area contributed by atoms with E-state index in [-0.39, 0.29) is 33.8 Å². The Hall–Kier alpha value is -1.55. The summed E-state index contributed by atoms with van der Waals surface area (Å²) in [4.78, 5) is 16.2. The van der Waals surface area contributed by atoms with Gasteiger partial charge in [-0.2, -0.15) is 0 Å². The van der Waals surface area contributed by atoms with E-state index < -0.39 is 29.4 Å². The fraction of sp³-hybridized carbons (Fsp3) is 0.412. The largest absolute Gasteiger partial charge is 0.506 e. The predicted molar refractivity (Wildman–Crippen MR) is 99.5 cm³/mol. The van der Waals surface area contributed by atoms with Crippen molar-refractivity contribution in [2.45, 2.75) is 26.8 Å². The molecule has 1 rings (SSSR count). The Balaban J connectivity index is 3.44. The Labute approximate surface area is 158 Å². The van der Waals surface area contributed by atoms with Crippen LogP contribution in [-0.2, 0) is 9.53 Å². The zero-order chi connectivity index (χ0) is 19.1. The number of aliphatic hydroxyl groups is 2. The van der Waals surface area contributed by atoms with Crippen LogP contribution in [0.1, 0.15) is 26.3 Å². The maximum atomic E-state index is 14.0. The molecule has 0 radical (unpaired) electrons. The van der Waals surface area contributed by atoms with Crippen molar-refractivity contribution >= 4 is 40.5 Å². The minimum absolute atomic E-state index is 0.0182. The second-order valence-corrected chi connectivity index (χ2v) is 6.66. The highest BCUT2D eigenvalue weighted by Gasteiger charge is 2.21. The molecule has 138 valence electrons. The van der Waals surface area contributed by atoms with Gasteiger partial charge in [-0.05, 0) is 41.5 Å². The van der Waals surface area contributed by atoms with Crippen molar-refractivity contribution in [2.24, 2.45) is 10.9 Å². The van der Waals surface area contributed by atoms with Gasteiger partial charge in [0.15, 0.2) is 0 Å². The van der Waals surface area contributed by atoms with Gasteiger partial charge in [0, 0.05) is 15.9 Å². The van der Waals surface area contributed by atoms with Gasteiger partial charge in [0.05, 0.1) is 24.8 Å². The fourth-order valence-electron chi connectivity index (χ4n) is 1.87. The quantitative estimate of drug-likeness (QED) is 0.161. The molecule has 1 aromatic carbocycles. The molecule has 0 heterocycles. The summed E-state index contributed by atoms with van der Waals surface area (Å²) in [6, 6.07) is 1.20. The number of nitrogens with zero attached hydrogens (tertiary/aromatic N) is 1. The summed E-state index contributed by atoms with van der Waals surface area (Å²) in [5.41, 5.74) is -0.715. The molecule has 0 bridgehead atoms. The van der Waals surface area contributed by atoms with Crippen molar-refractivity contribution < 1.29 is 28.5 Å². The van der Waals surface area contributed by atoms with Gasteiger partial charge >= 0.3 is 5.97 Å². The summed E-state index contributed by atoms with van der Waals surface area (Å²) in [6.45, 7) is 5.02. The third-order valence-corrected chi connectivity index (χ3v) is 4.19. The lowest BCUT2D eigenvalue weighted by atomic mass is 10.1. The first-order valence-electron chi connectivity index (χ1n) is 7.62. The molecule has 0 amide bonds. The smallest absolute Gasteiger partial charge is 0.343 e. The predicted octanol–water partition coefficient (Wildman–Crippen LogP) is 3.49. The molecule has 0 unspecified atom stereocenters. The average molecular weight is 467 g/mol. The first kappa shape index (κ1) is 21.5. The zero-order valence-corrected chi connectivity index (χ0v) is 16.3. The molecule has 0 saturated carbocycles. The molecule has 2 N–H and O–H groups in total. The molecule has 0 aromatic heterocycles. The number of ether oxygens (including phenoxy) is 1. The van der Waals surface area contributed by atoms with Crippen molar-refractivity contribution in [1.82, 2.24) is 0 Å². The van der Waals surface area contributed by atoms with E-state index in [4.69, 9.17) is 4.74 Å². The van der Waals surface area contributed by atoms with Crippen LogP contribution in [0.4, 0.5) is 8.78 Å². The fourth-order valence-corrected chi connectivity index (χ4v) is 2.34. The number of aliphatic imine (C=N–C) groups is 1. The lowest BCUT2D eigenvalue weighted by molar-refractivity contribution is -0.137. The second-order valence-electron chi connectivity index (χ2n) is 5.50. The van der Waals surface area contributed by atoms with Gasteiger partial charge in [-0.1, -0.05) is 13.8 Å². The lowest BCUT2D eigenvalue weighted by Gasteiger charge is -2.14. The summed E-state index contributed by atoms with van der Waals surface area (Å²) in [5.74, 6) is -3.43. The summed E-state index contributed by atoms with van der Waals surface area (Å²) in [7, 11) is 0. The molecular weight excluding hydrogens is 447 g/mol. The highest BCUT2D eigenvalue weighted by atomic mass is 127. The Kier molecular flexibility index (Phi) is 8.43. The number of aliphatic hydroxyl groups excluding tert-OH is 2. The Morgan fingerprint density at radius 3 is 2.52 bits per heavy atom. The number of rotatable bonds is 7. The highest BCUT2D eigenvalue weighted by Crippen LogP contribution is 2.24. The lowest BCUT2D eigenvalue weighted by Crippen LogP contribution is -2.19. The van der Waals surface area contributed by atoms with Gasteiger partial charge in [-0.3, -0.25) is 4.99 Å². The van der Waals surface area contributed by atoms with E-state index in [0.29, 0.717) is 6.07 Å². The molecule has 0 spiro atoms. The molecule has 25 heavy (non-hydrogen) atoms. The van der Waals surface area contributed by atoms with Crippen LogP contribution in [-0.4, -0.2) is 41.7 Å². The van der Waals surface area contributed by atoms with Crippen molar-refractivity contribution in [1.29, 1.82) is 0 Å². The molecule has 0 aliphatic rings. The SMILES string of the molecule is CCOC(=O)/C(C=N[C@@H](CO)C(C)C)=C(\O)c1cc(I)c(F)cc1F. The van der Waals surface area contributed by atoms with Crippen molar-refractivity contribution in [3.8, 4) is 0 Å². The minimum Gasteiger partial charge on any atom is -0.506 e. The van der Waals surface area contributed by atoms with Crippen molar-refractivity contribution in [2.75, 3.05) is 13.2 Å². The van der Waals surface area contributed by atoms with E-state index in [9.17, 15) is 23.8 Å². The maximum Gasteiger partial charge on any atom is 0.343 e. The molecule has 0 aliphatic carbocycles. The molecular formula is C17H20F2INO4. The van der Waals surface area contributed by atoms with Gasteiger partial charge in [0.2, 0.25) is 0 Å². The van der Waals surface area contributed by atoms with Crippen LogP contribution in [0.25, 0.3) is 5.76 Å². The maximum absolute atomic E-state index is 14.0. The molecule has 0 saturated heterocycles. The highest BCUT2D eigenvalue weighted by molar-refractivity contribution is 14.1. The third kappa shape index (κ3) is 5.74. The number of halogens is 3. The second kappa shape index (κ2) is 9.81. The van der Waals surface area contributed by atoms with Crippen LogP contribution in [0.5, 0.6) is 0 Å². The molecule has 8 heteroatoms. The monoisotopic (exact) mass is 467 g/mol. The van der Waals surface area contributed by atoms with Gasteiger partial charge in [-0.25, -0.2) is 13.6 Å². The summed E-state index contributed by atoms with van der Waals surface area (Å²) in [6.07, 6.45) is 1.05. The standard InChI is InChI=1S/C17H20F2INO4/c1-4-25-17(24)11(7-21-15(8-22)9(2)3)16(23)10-5-14(20)13(19)6-12(10)18/h5-7,9,15,22-23H,4,8H2,1-3H3/b16-11-,21-7?/t15-/m0/s1. The van der Waals surface area contributed by atoms with Crippen LogP contribution in [0.2, 0.25) is 0 Å². The number of benzene rings is 1. The van der Waals surface area contributed by atoms with E-state index in [2.05, 4.69) is 4.99 Å². The molecule has 0 fully saturated rings. The Morgan fingerprint density at radius 1 is 1.36 bits per heavy atom. The van der Waals surface area contributed by atoms with E-state index in [1.807, 2.05) is 13.8 Å². The molecule has 1 atom stereocenters. The number of carbonyl (C=O) groups excluding carboxylic acids is 1. The van der Waals surface area contributed by atoms with E-state index >= 15 is 0 Å². The Morgan fingerprint density at radius 2 is 2.00 bits per heavy atom. The molecule has 1 aromatic rings. The molecule has 0 aliphatic heterocycles. The van der Waals surface area contributed by atoms with E-state index in [0.717, 1.165) is 12.3 Å². The zero-order valence-electron chi connectivity index (χ0n) is 14.1. The van der Waals surface area contributed by atoms with Gasteiger partial charge in [-0.15, -0.1) is 0 Å². The first-order chi connectivity index (χ1) is 11.7. The third-order valence-electron chi connectivity index (χ3n) is 3.37.